The summed E-state index contributed by atoms with van der Waals surface area (Å²) in [5.74, 6) is 0. The maximum absolute atomic E-state index is 5.43. The Morgan fingerprint density at radius 1 is 1.86 bits per heavy atom. The molecule has 0 aliphatic heterocycles. The van der Waals surface area contributed by atoms with Crippen molar-refractivity contribution in [2.75, 3.05) is 6.54 Å². The highest BCUT2D eigenvalue weighted by Gasteiger charge is 1.90. The van der Waals surface area contributed by atoms with E-state index in [0.29, 0.717) is 0 Å². The summed E-state index contributed by atoms with van der Waals surface area (Å²) in [6.45, 7) is 6.33. The number of nitrogens with one attached hydrogen (secondary N) is 1. The highest BCUT2D eigenvalue weighted by Crippen LogP contribution is 1.75. The van der Waals surface area contributed by atoms with Crippen LogP contribution in [0.2, 0.25) is 0 Å². The van der Waals surface area contributed by atoms with Crippen molar-refractivity contribution in [1.29, 1.82) is 0 Å². The van der Waals surface area contributed by atoms with Crippen LogP contribution in [0.1, 0.15) is 13.3 Å². The van der Waals surface area contributed by atoms with Crippen LogP contribution in [0.15, 0.2) is 0 Å². The van der Waals surface area contributed by atoms with E-state index in [1.165, 1.54) is 0 Å². The molecular formula is C5H13N2. The summed E-state index contributed by atoms with van der Waals surface area (Å²) in [7, 11) is 0. The van der Waals surface area contributed by atoms with Crippen molar-refractivity contribution in [2.24, 2.45) is 5.73 Å². The van der Waals surface area contributed by atoms with E-state index in [9.17, 15) is 0 Å². The molecule has 0 saturated heterocycles. The molecule has 1 radical (unpaired) electrons. The van der Waals surface area contributed by atoms with E-state index in [1.54, 1.807) is 0 Å². The fourth-order valence-electron chi connectivity index (χ4n) is 0.330. The van der Waals surface area contributed by atoms with Crippen molar-refractivity contribution in [3.05, 3.63) is 6.92 Å². The van der Waals surface area contributed by atoms with E-state index >= 15 is 0 Å². The van der Waals surface area contributed by atoms with Crippen LogP contribution >= 0.6 is 0 Å². The zero-order valence-electron chi connectivity index (χ0n) is 4.78. The Hall–Kier alpha value is -0.0800. The van der Waals surface area contributed by atoms with Gasteiger partial charge in [-0.3, -0.25) is 0 Å². The van der Waals surface area contributed by atoms with Crippen LogP contribution in [0.3, 0.4) is 0 Å². The molecule has 0 aromatic carbocycles. The zero-order chi connectivity index (χ0) is 5.70. The van der Waals surface area contributed by atoms with Crippen LogP contribution in [0.5, 0.6) is 0 Å². The van der Waals surface area contributed by atoms with Gasteiger partial charge in [0.15, 0.2) is 0 Å². The third-order valence-electron chi connectivity index (χ3n) is 0.846. The van der Waals surface area contributed by atoms with E-state index in [0.717, 1.165) is 13.0 Å². The molecule has 1 unspecified atom stereocenters. The lowest BCUT2D eigenvalue weighted by atomic mass is 10.4. The van der Waals surface area contributed by atoms with Gasteiger partial charge in [-0.05, 0) is 19.9 Å². The van der Waals surface area contributed by atoms with Crippen molar-refractivity contribution in [3.63, 3.8) is 0 Å². The first kappa shape index (κ1) is 6.92. The Morgan fingerprint density at radius 2 is 2.43 bits per heavy atom. The largest absolute Gasteiger partial charge is 0.316 e. The van der Waals surface area contributed by atoms with Gasteiger partial charge in [-0.15, -0.1) is 0 Å². The standard InChI is InChI=1S/C5H13N2/c1-3-5(6)7-4-2/h5,7H,2-4,6H2,1H3. The third kappa shape index (κ3) is 3.76. The molecule has 0 aromatic heterocycles. The lowest BCUT2D eigenvalue weighted by molar-refractivity contribution is 0.543. The molecule has 0 aromatic rings. The fraction of sp³-hybridized carbons (Fsp3) is 0.800. The maximum Gasteiger partial charge on any atom is 0.0543 e. The molecule has 7 heavy (non-hydrogen) atoms. The Morgan fingerprint density at radius 3 is 2.57 bits per heavy atom. The van der Waals surface area contributed by atoms with Crippen molar-refractivity contribution in [2.45, 2.75) is 19.5 Å². The second-order valence-corrected chi connectivity index (χ2v) is 1.47. The number of rotatable bonds is 3. The van der Waals surface area contributed by atoms with Gasteiger partial charge in [-0.1, -0.05) is 6.92 Å². The second-order valence-electron chi connectivity index (χ2n) is 1.47. The molecule has 0 heterocycles. The normalized spacial score (nSPS) is 14.1. The predicted octanol–water partition coefficient (Wildman–Crippen LogP) is 0.105. The zero-order valence-corrected chi connectivity index (χ0v) is 4.78. The first-order valence-electron chi connectivity index (χ1n) is 2.59. The summed E-state index contributed by atoms with van der Waals surface area (Å²) in [5, 5.41) is 2.96. The summed E-state index contributed by atoms with van der Waals surface area (Å²) in [6.07, 6.45) is 1.10. The quantitative estimate of drug-likeness (QED) is 0.495. The topological polar surface area (TPSA) is 38.0 Å². The fourth-order valence-corrected chi connectivity index (χ4v) is 0.330. The Bertz CT molecular complexity index is 37.1. The van der Waals surface area contributed by atoms with Gasteiger partial charge in [0, 0.05) is 0 Å². The average molecular weight is 101 g/mol. The van der Waals surface area contributed by atoms with Crippen LogP contribution in [-0.4, -0.2) is 12.7 Å². The molecule has 0 rings (SSSR count). The molecule has 0 aliphatic carbocycles. The minimum Gasteiger partial charge on any atom is -0.316 e. The van der Waals surface area contributed by atoms with Gasteiger partial charge < -0.3 is 11.1 Å². The molecular weight excluding hydrogens is 88.1 g/mol. The van der Waals surface area contributed by atoms with Crippen LogP contribution in [0.4, 0.5) is 0 Å². The molecule has 2 nitrogen and oxygen atoms in total. The van der Waals surface area contributed by atoms with Gasteiger partial charge in [0.25, 0.3) is 0 Å². The summed E-state index contributed by atoms with van der Waals surface area (Å²) < 4.78 is 0. The van der Waals surface area contributed by atoms with Gasteiger partial charge in [0.1, 0.15) is 0 Å². The molecule has 0 amide bonds. The summed E-state index contributed by atoms with van der Waals surface area (Å²) in [4.78, 5) is 0. The van der Waals surface area contributed by atoms with Crippen LogP contribution in [0, 0.1) is 6.92 Å². The SMILES string of the molecule is [CH2]CNC(N)CC. The van der Waals surface area contributed by atoms with E-state index in [1.807, 2.05) is 6.92 Å². The molecule has 0 fully saturated rings. The third-order valence-corrected chi connectivity index (χ3v) is 0.846. The van der Waals surface area contributed by atoms with Gasteiger partial charge in [-0.2, -0.15) is 0 Å². The van der Waals surface area contributed by atoms with Gasteiger partial charge >= 0.3 is 0 Å². The van der Waals surface area contributed by atoms with Crippen molar-refractivity contribution < 1.29 is 0 Å². The molecule has 0 aliphatic rings. The Kier molecular flexibility index (Phi) is 4.04. The van der Waals surface area contributed by atoms with Gasteiger partial charge in [0.05, 0.1) is 6.17 Å². The number of nitrogens with two attached hydrogens (primary N) is 1. The lowest BCUT2D eigenvalue weighted by Gasteiger charge is -2.06. The number of hydrogen-bond donors (Lipinski definition) is 2. The smallest absolute Gasteiger partial charge is 0.0543 e. The van der Waals surface area contributed by atoms with Crippen LogP contribution < -0.4 is 11.1 Å². The van der Waals surface area contributed by atoms with Crippen molar-refractivity contribution in [3.8, 4) is 0 Å². The monoisotopic (exact) mass is 101 g/mol. The summed E-state index contributed by atoms with van der Waals surface area (Å²) in [5.41, 5.74) is 5.43. The van der Waals surface area contributed by atoms with Gasteiger partial charge in [0.2, 0.25) is 0 Å². The highest BCUT2D eigenvalue weighted by molar-refractivity contribution is 4.54. The molecule has 2 heteroatoms. The minimum absolute atomic E-state index is 0.137. The van der Waals surface area contributed by atoms with Crippen LogP contribution in [0.25, 0.3) is 0 Å². The van der Waals surface area contributed by atoms with Crippen molar-refractivity contribution >= 4 is 0 Å². The lowest BCUT2D eigenvalue weighted by Crippen LogP contribution is -2.36. The van der Waals surface area contributed by atoms with E-state index in [-0.39, 0.29) is 6.17 Å². The average Bonchev–Trinajstić information content (AvgIpc) is 1.68. The maximum atomic E-state index is 5.43. The summed E-state index contributed by atoms with van der Waals surface area (Å²) in [6, 6.07) is 0. The first-order valence-corrected chi connectivity index (χ1v) is 2.59. The first-order chi connectivity index (χ1) is 3.31. The predicted molar refractivity (Wildman–Crippen MR) is 31.6 cm³/mol. The molecule has 0 spiro atoms. The summed E-state index contributed by atoms with van der Waals surface area (Å²) >= 11 is 0. The number of hydrogen-bond acceptors (Lipinski definition) is 2. The van der Waals surface area contributed by atoms with Crippen molar-refractivity contribution in [1.82, 2.24) is 5.32 Å². The molecule has 1 atom stereocenters. The highest BCUT2D eigenvalue weighted by atomic mass is 15.0. The van der Waals surface area contributed by atoms with Crippen LogP contribution in [-0.2, 0) is 0 Å². The Balaban J connectivity index is 2.83. The molecule has 3 N–H and O–H groups in total. The van der Waals surface area contributed by atoms with E-state index in [2.05, 4.69) is 12.2 Å². The van der Waals surface area contributed by atoms with Gasteiger partial charge in [-0.25, -0.2) is 0 Å². The minimum atomic E-state index is 0.137. The molecule has 0 bridgehead atoms. The Labute approximate surface area is 45.1 Å². The van der Waals surface area contributed by atoms with E-state index < -0.39 is 0 Å². The van der Waals surface area contributed by atoms with E-state index in [4.69, 9.17) is 5.73 Å². The molecule has 43 valence electrons. The molecule has 0 saturated carbocycles. The second kappa shape index (κ2) is 4.09.